The van der Waals surface area contributed by atoms with Gasteiger partial charge in [-0.2, -0.15) is 0 Å². The van der Waals surface area contributed by atoms with Gasteiger partial charge in [-0.1, -0.05) is 15.9 Å². The van der Waals surface area contributed by atoms with E-state index >= 15 is 0 Å². The molecule has 22 heavy (non-hydrogen) atoms. The van der Waals surface area contributed by atoms with E-state index in [1.54, 1.807) is 0 Å². The molecule has 1 aliphatic heterocycles. The monoisotopic (exact) mass is 363 g/mol. The number of hydrogen-bond acceptors (Lipinski definition) is 5. The molecule has 3 heterocycles. The number of fused-ring (bicyclic) bond motifs is 3. The van der Waals surface area contributed by atoms with E-state index in [-0.39, 0.29) is 17.2 Å². The highest BCUT2D eigenvalue weighted by molar-refractivity contribution is 9.10. The average molecular weight is 364 g/mol. The number of H-pyrrole nitrogens is 1. The van der Waals surface area contributed by atoms with Crippen LogP contribution in [0.3, 0.4) is 0 Å². The zero-order valence-electron chi connectivity index (χ0n) is 11.7. The van der Waals surface area contributed by atoms with Gasteiger partial charge in [0, 0.05) is 22.9 Å². The molecular weight excluding hydrogens is 350 g/mol. The standard InChI is InChI=1S/C15H14BrN3O3/c16-8-1-2-11-10(5-8)13-14(22-11)15(21)18-12(17-13)7-19-4-3-9(20)6-19/h1-2,5,9,20H,3-4,6-7H2,(H,17,18,21)/t9-/m0/s1. The van der Waals surface area contributed by atoms with Gasteiger partial charge in [0.25, 0.3) is 5.56 Å². The number of furan rings is 1. The number of aromatic nitrogens is 2. The van der Waals surface area contributed by atoms with E-state index in [0.29, 0.717) is 30.0 Å². The molecule has 4 rings (SSSR count). The third-order valence-corrected chi connectivity index (χ3v) is 4.45. The first-order valence-electron chi connectivity index (χ1n) is 7.11. The number of β-amino-alcohol motifs (C(OH)–C–C–N with tert-alkyl or cyclic N) is 1. The van der Waals surface area contributed by atoms with Crippen LogP contribution in [-0.2, 0) is 6.54 Å². The Balaban J connectivity index is 1.82. The molecule has 0 unspecified atom stereocenters. The molecule has 1 aliphatic rings. The molecule has 2 N–H and O–H groups in total. The van der Waals surface area contributed by atoms with Crippen molar-refractivity contribution >= 4 is 38.0 Å². The van der Waals surface area contributed by atoms with Crippen LogP contribution in [0.15, 0.2) is 31.9 Å². The Morgan fingerprint density at radius 3 is 3.14 bits per heavy atom. The third kappa shape index (κ3) is 2.35. The molecule has 2 aromatic heterocycles. The summed E-state index contributed by atoms with van der Waals surface area (Å²) in [6.07, 6.45) is 0.467. The van der Waals surface area contributed by atoms with E-state index in [1.807, 2.05) is 18.2 Å². The fourth-order valence-corrected chi connectivity index (χ4v) is 3.28. The first-order valence-corrected chi connectivity index (χ1v) is 7.91. The lowest BCUT2D eigenvalue weighted by atomic mass is 10.2. The molecule has 0 aliphatic carbocycles. The summed E-state index contributed by atoms with van der Waals surface area (Å²) >= 11 is 3.43. The number of benzene rings is 1. The summed E-state index contributed by atoms with van der Waals surface area (Å²) < 4.78 is 6.51. The molecule has 1 aromatic carbocycles. The molecule has 7 heteroatoms. The second-order valence-electron chi connectivity index (χ2n) is 5.61. The van der Waals surface area contributed by atoms with Crippen LogP contribution in [-0.4, -0.2) is 39.2 Å². The highest BCUT2D eigenvalue weighted by atomic mass is 79.9. The van der Waals surface area contributed by atoms with Gasteiger partial charge in [-0.25, -0.2) is 4.98 Å². The Morgan fingerprint density at radius 2 is 2.36 bits per heavy atom. The van der Waals surface area contributed by atoms with Gasteiger partial charge in [-0.05, 0) is 24.6 Å². The lowest BCUT2D eigenvalue weighted by molar-refractivity contribution is 0.174. The van der Waals surface area contributed by atoms with Crippen LogP contribution in [0.25, 0.3) is 22.1 Å². The van der Waals surface area contributed by atoms with Crippen molar-refractivity contribution in [1.82, 2.24) is 14.9 Å². The molecule has 0 amide bonds. The summed E-state index contributed by atoms with van der Waals surface area (Å²) in [5.41, 5.74) is 1.20. The Hall–Kier alpha value is -1.70. The molecule has 1 saturated heterocycles. The van der Waals surface area contributed by atoms with Gasteiger partial charge in [0.15, 0.2) is 0 Å². The minimum absolute atomic E-state index is 0.248. The summed E-state index contributed by atoms with van der Waals surface area (Å²) in [7, 11) is 0. The van der Waals surface area contributed by atoms with Gasteiger partial charge < -0.3 is 14.5 Å². The van der Waals surface area contributed by atoms with E-state index < -0.39 is 0 Å². The quantitative estimate of drug-likeness (QED) is 0.727. The van der Waals surface area contributed by atoms with Crippen LogP contribution in [0, 0.1) is 0 Å². The Morgan fingerprint density at radius 1 is 1.50 bits per heavy atom. The van der Waals surface area contributed by atoms with Crippen LogP contribution in [0.2, 0.25) is 0 Å². The van der Waals surface area contributed by atoms with Crippen LogP contribution >= 0.6 is 15.9 Å². The fraction of sp³-hybridized carbons (Fsp3) is 0.333. The molecule has 1 fully saturated rings. The molecule has 0 saturated carbocycles. The number of hydrogen-bond donors (Lipinski definition) is 2. The number of rotatable bonds is 2. The molecule has 0 bridgehead atoms. The number of aliphatic hydroxyl groups excluding tert-OH is 1. The average Bonchev–Trinajstić information content (AvgIpc) is 3.03. The largest absolute Gasteiger partial charge is 0.449 e. The highest BCUT2D eigenvalue weighted by Crippen LogP contribution is 2.27. The summed E-state index contributed by atoms with van der Waals surface area (Å²) in [5, 5.41) is 10.4. The van der Waals surface area contributed by atoms with E-state index in [4.69, 9.17) is 4.42 Å². The molecule has 1 atom stereocenters. The second kappa shape index (κ2) is 5.19. The molecular formula is C15H14BrN3O3. The molecule has 0 radical (unpaired) electrons. The number of nitrogens with one attached hydrogen (secondary N) is 1. The van der Waals surface area contributed by atoms with Crippen molar-refractivity contribution in [2.45, 2.75) is 19.1 Å². The third-order valence-electron chi connectivity index (χ3n) is 3.96. The van der Waals surface area contributed by atoms with Gasteiger partial charge in [0.05, 0.1) is 12.6 Å². The molecule has 114 valence electrons. The lowest BCUT2D eigenvalue weighted by Crippen LogP contribution is -2.24. The van der Waals surface area contributed by atoms with Gasteiger partial charge in [-0.3, -0.25) is 9.69 Å². The van der Waals surface area contributed by atoms with E-state index in [1.165, 1.54) is 0 Å². The first kappa shape index (κ1) is 13.9. The Labute approximate surface area is 133 Å². The summed E-state index contributed by atoms with van der Waals surface area (Å²) in [6.45, 7) is 1.93. The summed E-state index contributed by atoms with van der Waals surface area (Å²) in [5.74, 6) is 0.592. The Kier molecular flexibility index (Phi) is 3.28. The fourth-order valence-electron chi connectivity index (χ4n) is 2.91. The predicted octanol–water partition coefficient (Wildman–Crippen LogP) is 2.00. The maximum Gasteiger partial charge on any atom is 0.294 e. The van der Waals surface area contributed by atoms with Crippen molar-refractivity contribution < 1.29 is 9.52 Å². The number of halogens is 1. The summed E-state index contributed by atoms with van der Waals surface area (Å²) in [6, 6.07) is 5.58. The van der Waals surface area contributed by atoms with Crippen molar-refractivity contribution in [3.05, 3.63) is 38.9 Å². The van der Waals surface area contributed by atoms with Crippen LogP contribution in [0.1, 0.15) is 12.2 Å². The first-order chi connectivity index (χ1) is 10.6. The number of likely N-dealkylation sites (tertiary alicyclic amines) is 1. The van der Waals surface area contributed by atoms with Crippen molar-refractivity contribution in [3.8, 4) is 0 Å². The van der Waals surface area contributed by atoms with Crippen molar-refractivity contribution in [3.63, 3.8) is 0 Å². The van der Waals surface area contributed by atoms with Crippen LogP contribution < -0.4 is 5.56 Å². The van der Waals surface area contributed by atoms with Crippen LogP contribution in [0.4, 0.5) is 0 Å². The molecule has 0 spiro atoms. The lowest BCUT2D eigenvalue weighted by Gasteiger charge is -2.13. The minimum Gasteiger partial charge on any atom is -0.449 e. The second-order valence-corrected chi connectivity index (χ2v) is 6.53. The van der Waals surface area contributed by atoms with Gasteiger partial charge in [0.1, 0.15) is 16.9 Å². The predicted molar refractivity (Wildman–Crippen MR) is 85.7 cm³/mol. The van der Waals surface area contributed by atoms with Crippen molar-refractivity contribution in [2.24, 2.45) is 0 Å². The summed E-state index contributed by atoms with van der Waals surface area (Å²) in [4.78, 5) is 21.6. The SMILES string of the molecule is O=c1[nH]c(CN2CC[C@H](O)C2)nc2c1oc1ccc(Br)cc12. The van der Waals surface area contributed by atoms with Crippen LogP contribution in [0.5, 0.6) is 0 Å². The molecule has 3 aromatic rings. The van der Waals surface area contributed by atoms with Gasteiger partial charge >= 0.3 is 0 Å². The zero-order valence-corrected chi connectivity index (χ0v) is 13.3. The van der Waals surface area contributed by atoms with Gasteiger partial charge in [-0.15, -0.1) is 0 Å². The highest BCUT2D eigenvalue weighted by Gasteiger charge is 2.21. The van der Waals surface area contributed by atoms with E-state index in [9.17, 15) is 9.90 Å². The number of aliphatic hydroxyl groups is 1. The van der Waals surface area contributed by atoms with Crippen molar-refractivity contribution in [1.29, 1.82) is 0 Å². The minimum atomic E-state index is -0.291. The maximum absolute atomic E-state index is 12.2. The van der Waals surface area contributed by atoms with Gasteiger partial charge in [0.2, 0.25) is 5.58 Å². The van der Waals surface area contributed by atoms with Crippen molar-refractivity contribution in [2.75, 3.05) is 13.1 Å². The normalized spacial score (nSPS) is 19.5. The maximum atomic E-state index is 12.2. The Bertz CT molecular complexity index is 917. The smallest absolute Gasteiger partial charge is 0.294 e. The zero-order chi connectivity index (χ0) is 15.3. The molecule has 6 nitrogen and oxygen atoms in total. The number of nitrogens with zero attached hydrogens (tertiary/aromatic N) is 2. The topological polar surface area (TPSA) is 82.4 Å². The van der Waals surface area contributed by atoms with E-state index in [2.05, 4.69) is 30.8 Å². The number of aromatic amines is 1. The van der Waals surface area contributed by atoms with E-state index in [0.717, 1.165) is 22.8 Å².